The van der Waals surface area contributed by atoms with E-state index in [-0.39, 0.29) is 17.5 Å². The third-order valence-corrected chi connectivity index (χ3v) is 3.09. The summed E-state index contributed by atoms with van der Waals surface area (Å²) in [4.78, 5) is 0. The van der Waals surface area contributed by atoms with Crippen molar-refractivity contribution >= 4 is 0 Å². The van der Waals surface area contributed by atoms with Crippen LogP contribution >= 0.6 is 0 Å². The Morgan fingerprint density at radius 3 is 2.94 bits per heavy atom. The zero-order chi connectivity index (χ0) is 12.5. The Morgan fingerprint density at radius 1 is 1.47 bits per heavy atom. The highest BCUT2D eigenvalue weighted by Gasteiger charge is 2.34. The first kappa shape index (κ1) is 12.4. The van der Waals surface area contributed by atoms with Crippen LogP contribution in [0.25, 0.3) is 0 Å². The lowest BCUT2D eigenvalue weighted by molar-refractivity contribution is 0.0609. The molecule has 1 aromatic rings. The number of halogens is 1. The van der Waals surface area contributed by atoms with E-state index in [0.717, 1.165) is 24.9 Å². The molecular weight excluding hydrogens is 217 g/mol. The number of ether oxygens (including phenoxy) is 1. The topological polar surface area (TPSA) is 21.3 Å². The monoisotopic (exact) mass is 237 g/mol. The van der Waals surface area contributed by atoms with E-state index in [9.17, 15) is 4.39 Å². The number of benzene rings is 1. The van der Waals surface area contributed by atoms with Crippen molar-refractivity contribution in [1.82, 2.24) is 5.32 Å². The van der Waals surface area contributed by atoms with Gasteiger partial charge in [0, 0.05) is 18.0 Å². The number of rotatable bonds is 3. The van der Waals surface area contributed by atoms with Crippen LogP contribution in [0.4, 0.5) is 4.39 Å². The quantitative estimate of drug-likeness (QED) is 0.869. The fraction of sp³-hybridized carbons (Fsp3) is 0.571. The first-order valence-corrected chi connectivity index (χ1v) is 6.24. The van der Waals surface area contributed by atoms with Gasteiger partial charge in [-0.25, -0.2) is 4.39 Å². The van der Waals surface area contributed by atoms with Gasteiger partial charge in [-0.3, -0.25) is 0 Å². The van der Waals surface area contributed by atoms with E-state index in [0.29, 0.717) is 5.75 Å². The molecule has 1 aliphatic heterocycles. The van der Waals surface area contributed by atoms with Crippen LogP contribution in [0.1, 0.15) is 45.2 Å². The maximum absolute atomic E-state index is 13.8. The zero-order valence-electron chi connectivity index (χ0n) is 10.7. The van der Waals surface area contributed by atoms with E-state index in [1.54, 1.807) is 6.07 Å². The molecule has 2 rings (SSSR count). The Labute approximate surface area is 102 Å². The summed E-state index contributed by atoms with van der Waals surface area (Å²) in [5, 5.41) is 3.46. The van der Waals surface area contributed by atoms with Gasteiger partial charge >= 0.3 is 0 Å². The molecule has 0 saturated carbocycles. The molecule has 1 unspecified atom stereocenters. The molecule has 94 valence electrons. The minimum atomic E-state index is -0.319. The van der Waals surface area contributed by atoms with Crippen LogP contribution in [0, 0.1) is 5.82 Å². The first-order valence-electron chi connectivity index (χ1n) is 6.24. The molecule has 1 aliphatic rings. The SMILES string of the molecule is CCCNC1CC(C)(C)Oc2c(F)cccc21. The minimum Gasteiger partial charge on any atom is -0.484 e. The standard InChI is InChI=1S/C14H20FNO/c1-4-8-16-12-9-14(2,3)17-13-10(12)6-5-7-11(13)15/h5-7,12,16H,4,8-9H2,1-3H3. The molecule has 1 aromatic carbocycles. The largest absolute Gasteiger partial charge is 0.484 e. The van der Waals surface area contributed by atoms with Crippen LogP contribution in [-0.4, -0.2) is 12.1 Å². The van der Waals surface area contributed by atoms with Crippen LogP contribution in [0.5, 0.6) is 5.75 Å². The van der Waals surface area contributed by atoms with E-state index in [1.807, 2.05) is 19.9 Å². The van der Waals surface area contributed by atoms with Crippen molar-refractivity contribution in [3.05, 3.63) is 29.6 Å². The van der Waals surface area contributed by atoms with Crippen LogP contribution < -0.4 is 10.1 Å². The Morgan fingerprint density at radius 2 is 2.24 bits per heavy atom. The molecule has 0 radical (unpaired) electrons. The van der Waals surface area contributed by atoms with Gasteiger partial charge in [-0.15, -0.1) is 0 Å². The van der Waals surface area contributed by atoms with Gasteiger partial charge in [0.2, 0.25) is 0 Å². The Balaban J connectivity index is 2.33. The Hall–Kier alpha value is -1.09. The van der Waals surface area contributed by atoms with Crippen molar-refractivity contribution in [2.24, 2.45) is 0 Å². The van der Waals surface area contributed by atoms with E-state index in [1.165, 1.54) is 6.07 Å². The predicted octanol–water partition coefficient (Wildman–Crippen LogP) is 3.43. The number of nitrogens with one attached hydrogen (secondary N) is 1. The summed E-state index contributed by atoms with van der Waals surface area (Å²) < 4.78 is 19.5. The average molecular weight is 237 g/mol. The number of fused-ring (bicyclic) bond motifs is 1. The fourth-order valence-corrected chi connectivity index (χ4v) is 2.33. The molecule has 0 amide bonds. The highest BCUT2D eigenvalue weighted by atomic mass is 19.1. The minimum absolute atomic E-state index is 0.185. The lowest BCUT2D eigenvalue weighted by atomic mass is 9.89. The van der Waals surface area contributed by atoms with Gasteiger partial charge in [-0.1, -0.05) is 19.1 Å². The molecule has 0 aliphatic carbocycles. The number of hydrogen-bond donors (Lipinski definition) is 1. The normalized spacial score (nSPS) is 21.8. The van der Waals surface area contributed by atoms with E-state index < -0.39 is 0 Å². The van der Waals surface area contributed by atoms with Crippen LogP contribution in [-0.2, 0) is 0 Å². The third kappa shape index (κ3) is 2.60. The third-order valence-electron chi connectivity index (χ3n) is 3.09. The summed E-state index contributed by atoms with van der Waals surface area (Å²) in [5.74, 6) is 0.149. The van der Waals surface area contributed by atoms with Crippen molar-refractivity contribution in [3.63, 3.8) is 0 Å². The molecule has 3 heteroatoms. The summed E-state index contributed by atoms with van der Waals surface area (Å²) in [6, 6.07) is 5.33. The molecular formula is C14H20FNO. The molecule has 1 N–H and O–H groups in total. The van der Waals surface area contributed by atoms with Gasteiger partial charge in [0.15, 0.2) is 11.6 Å². The highest BCUT2D eigenvalue weighted by Crippen LogP contribution is 2.40. The van der Waals surface area contributed by atoms with Gasteiger partial charge < -0.3 is 10.1 Å². The van der Waals surface area contributed by atoms with Gasteiger partial charge in [0.25, 0.3) is 0 Å². The summed E-state index contributed by atoms with van der Waals surface area (Å²) in [7, 11) is 0. The lowest BCUT2D eigenvalue weighted by Gasteiger charge is -2.38. The Bertz CT molecular complexity index is 403. The van der Waals surface area contributed by atoms with E-state index in [2.05, 4.69) is 12.2 Å². The van der Waals surface area contributed by atoms with Crippen LogP contribution in [0.3, 0.4) is 0 Å². The second-order valence-electron chi connectivity index (χ2n) is 5.23. The summed E-state index contributed by atoms with van der Waals surface area (Å²) in [6.45, 7) is 7.08. The summed E-state index contributed by atoms with van der Waals surface area (Å²) in [5.41, 5.74) is 0.624. The average Bonchev–Trinajstić information content (AvgIpc) is 2.26. The fourth-order valence-electron chi connectivity index (χ4n) is 2.33. The molecule has 17 heavy (non-hydrogen) atoms. The lowest BCUT2D eigenvalue weighted by Crippen LogP contribution is -2.40. The molecule has 1 atom stereocenters. The smallest absolute Gasteiger partial charge is 0.165 e. The maximum Gasteiger partial charge on any atom is 0.165 e. The van der Waals surface area contributed by atoms with E-state index >= 15 is 0 Å². The molecule has 0 bridgehead atoms. The summed E-state index contributed by atoms with van der Waals surface area (Å²) in [6.07, 6.45) is 1.94. The highest BCUT2D eigenvalue weighted by molar-refractivity contribution is 5.40. The second kappa shape index (κ2) is 4.65. The molecule has 2 nitrogen and oxygen atoms in total. The van der Waals surface area contributed by atoms with Gasteiger partial charge in [0.1, 0.15) is 5.60 Å². The van der Waals surface area contributed by atoms with Gasteiger partial charge in [-0.2, -0.15) is 0 Å². The molecule has 1 heterocycles. The number of hydrogen-bond acceptors (Lipinski definition) is 2. The number of para-hydroxylation sites is 1. The zero-order valence-corrected chi connectivity index (χ0v) is 10.7. The van der Waals surface area contributed by atoms with Gasteiger partial charge in [0.05, 0.1) is 0 Å². The second-order valence-corrected chi connectivity index (χ2v) is 5.23. The molecule has 0 saturated heterocycles. The van der Waals surface area contributed by atoms with Crippen molar-refractivity contribution in [1.29, 1.82) is 0 Å². The predicted molar refractivity (Wildman–Crippen MR) is 66.8 cm³/mol. The van der Waals surface area contributed by atoms with Crippen molar-refractivity contribution in [2.45, 2.75) is 45.3 Å². The van der Waals surface area contributed by atoms with E-state index in [4.69, 9.17) is 4.74 Å². The van der Waals surface area contributed by atoms with Crippen molar-refractivity contribution < 1.29 is 9.13 Å². The molecule has 0 fully saturated rings. The Kier molecular flexibility index (Phi) is 3.38. The molecule has 0 spiro atoms. The summed E-state index contributed by atoms with van der Waals surface area (Å²) >= 11 is 0. The van der Waals surface area contributed by atoms with Crippen LogP contribution in [0.15, 0.2) is 18.2 Å². The maximum atomic E-state index is 13.8. The van der Waals surface area contributed by atoms with Crippen molar-refractivity contribution in [2.75, 3.05) is 6.54 Å². The molecule has 0 aromatic heterocycles. The first-order chi connectivity index (χ1) is 8.03. The van der Waals surface area contributed by atoms with Crippen molar-refractivity contribution in [3.8, 4) is 5.75 Å². The van der Waals surface area contributed by atoms with Crippen LogP contribution in [0.2, 0.25) is 0 Å². The van der Waals surface area contributed by atoms with Gasteiger partial charge in [-0.05, 0) is 32.9 Å².